The molecule has 0 radical (unpaired) electrons. The molecule has 8 heteroatoms. The van der Waals surface area contributed by atoms with Crippen molar-refractivity contribution in [3.8, 4) is 0 Å². The molecule has 1 aliphatic heterocycles. The van der Waals surface area contributed by atoms with Crippen LogP contribution in [0.3, 0.4) is 0 Å². The van der Waals surface area contributed by atoms with E-state index in [-0.39, 0.29) is 5.91 Å². The average molecular weight is 362 g/mol. The molecule has 2 rings (SSSR count). The third-order valence-corrected chi connectivity index (χ3v) is 3.96. The Bertz CT molecular complexity index is 570. The molecule has 0 unspecified atom stereocenters. The molecule has 2 heterocycles. The summed E-state index contributed by atoms with van der Waals surface area (Å²) >= 11 is 0. The predicted octanol–water partition coefficient (Wildman–Crippen LogP) is 0.606. The van der Waals surface area contributed by atoms with Crippen molar-refractivity contribution >= 4 is 17.7 Å². The number of carbonyl (C=O) groups is 1. The highest BCUT2D eigenvalue weighted by molar-refractivity contribution is 5.90. The third-order valence-electron chi connectivity index (χ3n) is 3.96. The van der Waals surface area contributed by atoms with Gasteiger partial charge in [0.1, 0.15) is 5.82 Å². The Kier molecular flexibility index (Phi) is 8.85. The van der Waals surface area contributed by atoms with Crippen LogP contribution in [-0.4, -0.2) is 74.2 Å². The number of morpholine rings is 1. The summed E-state index contributed by atoms with van der Waals surface area (Å²) < 4.78 is 5.35. The van der Waals surface area contributed by atoms with Crippen LogP contribution in [0.5, 0.6) is 0 Å². The summed E-state index contributed by atoms with van der Waals surface area (Å²) in [6, 6.07) is 3.73. The van der Waals surface area contributed by atoms with Crippen LogP contribution >= 0.6 is 0 Å². The number of ether oxygens (including phenoxy) is 1. The molecule has 26 heavy (non-hydrogen) atoms. The number of anilines is 1. The van der Waals surface area contributed by atoms with Crippen molar-refractivity contribution < 1.29 is 9.53 Å². The number of hydrogen-bond acceptors (Lipinski definition) is 5. The number of rotatable bonds is 8. The number of aromatic nitrogens is 1. The summed E-state index contributed by atoms with van der Waals surface area (Å²) in [6.45, 7) is 10.4. The number of nitrogens with one attached hydrogen (secondary N) is 3. The van der Waals surface area contributed by atoms with E-state index in [1.165, 1.54) is 0 Å². The molecule has 1 aromatic rings. The Morgan fingerprint density at radius 3 is 2.81 bits per heavy atom. The minimum atomic E-state index is -0.0713. The summed E-state index contributed by atoms with van der Waals surface area (Å²) in [7, 11) is 0. The van der Waals surface area contributed by atoms with Gasteiger partial charge in [0, 0.05) is 45.3 Å². The van der Waals surface area contributed by atoms with Crippen molar-refractivity contribution in [1.82, 2.24) is 20.5 Å². The van der Waals surface area contributed by atoms with Gasteiger partial charge in [-0.15, -0.1) is 0 Å². The van der Waals surface area contributed by atoms with E-state index in [4.69, 9.17) is 4.74 Å². The molecule has 0 aliphatic carbocycles. The van der Waals surface area contributed by atoms with Gasteiger partial charge in [0.25, 0.3) is 0 Å². The molecule has 0 spiro atoms. The van der Waals surface area contributed by atoms with Crippen LogP contribution in [0.15, 0.2) is 23.3 Å². The van der Waals surface area contributed by atoms with Crippen molar-refractivity contribution in [1.29, 1.82) is 0 Å². The lowest BCUT2D eigenvalue weighted by atomic mass is 10.3. The van der Waals surface area contributed by atoms with Gasteiger partial charge in [-0.1, -0.05) is 6.07 Å². The second kappa shape index (κ2) is 11.4. The highest BCUT2D eigenvalue weighted by Crippen LogP contribution is 2.03. The first-order chi connectivity index (χ1) is 12.7. The molecule has 0 aromatic carbocycles. The molecule has 0 atom stereocenters. The SMILES string of the molecule is CCNC(=NCCN1CCOCC1)NCCC(=O)Nc1ccc(C)cn1. The topological polar surface area (TPSA) is 90.9 Å². The van der Waals surface area contributed by atoms with Crippen molar-refractivity contribution in [2.24, 2.45) is 4.99 Å². The monoisotopic (exact) mass is 362 g/mol. The summed E-state index contributed by atoms with van der Waals surface area (Å²) in [5, 5.41) is 9.19. The molecular weight excluding hydrogens is 332 g/mol. The number of hydrogen-bond donors (Lipinski definition) is 3. The van der Waals surface area contributed by atoms with Gasteiger partial charge in [0.15, 0.2) is 5.96 Å². The van der Waals surface area contributed by atoms with Crippen molar-refractivity contribution in [2.45, 2.75) is 20.3 Å². The Morgan fingerprint density at radius 1 is 1.31 bits per heavy atom. The minimum absolute atomic E-state index is 0.0713. The molecule has 1 aliphatic rings. The van der Waals surface area contributed by atoms with E-state index in [2.05, 4.69) is 30.8 Å². The molecule has 8 nitrogen and oxygen atoms in total. The number of guanidine groups is 1. The summed E-state index contributed by atoms with van der Waals surface area (Å²) in [5.74, 6) is 1.24. The average Bonchev–Trinajstić information content (AvgIpc) is 2.64. The van der Waals surface area contributed by atoms with E-state index >= 15 is 0 Å². The van der Waals surface area contributed by atoms with E-state index in [0.29, 0.717) is 18.8 Å². The first-order valence-corrected chi connectivity index (χ1v) is 9.22. The molecular formula is C18H30N6O2. The maximum absolute atomic E-state index is 12.0. The third kappa shape index (κ3) is 7.79. The van der Waals surface area contributed by atoms with E-state index in [0.717, 1.165) is 57.5 Å². The van der Waals surface area contributed by atoms with Crippen LogP contribution < -0.4 is 16.0 Å². The number of pyridine rings is 1. The molecule has 3 N–H and O–H groups in total. The van der Waals surface area contributed by atoms with Crippen LogP contribution in [0.1, 0.15) is 18.9 Å². The smallest absolute Gasteiger partial charge is 0.227 e. The zero-order chi connectivity index (χ0) is 18.6. The fraction of sp³-hybridized carbons (Fsp3) is 0.611. The Morgan fingerprint density at radius 2 is 2.12 bits per heavy atom. The maximum Gasteiger partial charge on any atom is 0.227 e. The zero-order valence-electron chi connectivity index (χ0n) is 15.8. The minimum Gasteiger partial charge on any atom is -0.379 e. The summed E-state index contributed by atoms with van der Waals surface area (Å²) in [5.41, 5.74) is 1.06. The molecule has 144 valence electrons. The molecule has 1 fully saturated rings. The van der Waals surface area contributed by atoms with Crippen LogP contribution in [0.25, 0.3) is 0 Å². The molecule has 0 saturated carbocycles. The molecule has 1 saturated heterocycles. The largest absolute Gasteiger partial charge is 0.379 e. The van der Waals surface area contributed by atoms with E-state index in [1.54, 1.807) is 12.3 Å². The fourth-order valence-corrected chi connectivity index (χ4v) is 2.51. The summed E-state index contributed by atoms with van der Waals surface area (Å²) in [4.78, 5) is 23.1. The highest BCUT2D eigenvalue weighted by atomic mass is 16.5. The Hall–Kier alpha value is -2.19. The molecule has 0 bridgehead atoms. The molecule has 1 aromatic heterocycles. The maximum atomic E-state index is 12.0. The van der Waals surface area contributed by atoms with Gasteiger partial charge in [-0.05, 0) is 25.5 Å². The first kappa shape index (κ1) is 20.1. The second-order valence-electron chi connectivity index (χ2n) is 6.16. The number of carbonyl (C=O) groups excluding carboxylic acids is 1. The standard InChI is InChI=1S/C18H30N6O2/c1-3-19-18(21-8-9-24-10-12-26-13-11-24)20-7-6-17(25)23-16-5-4-15(2)14-22-16/h4-5,14H,3,6-13H2,1-2H3,(H2,19,20,21)(H,22,23,25). The van der Waals surface area contributed by atoms with Gasteiger partial charge in [0.2, 0.25) is 5.91 Å². The van der Waals surface area contributed by atoms with Crippen LogP contribution in [0, 0.1) is 6.92 Å². The van der Waals surface area contributed by atoms with Crippen LogP contribution in [-0.2, 0) is 9.53 Å². The van der Waals surface area contributed by atoms with Gasteiger partial charge >= 0.3 is 0 Å². The van der Waals surface area contributed by atoms with E-state index in [9.17, 15) is 4.79 Å². The quantitative estimate of drug-likeness (QED) is 0.464. The lowest BCUT2D eigenvalue weighted by molar-refractivity contribution is -0.116. The first-order valence-electron chi connectivity index (χ1n) is 9.22. The number of aliphatic imine (C=N–C) groups is 1. The number of amides is 1. The lowest BCUT2D eigenvalue weighted by Crippen LogP contribution is -2.40. The number of nitrogens with zero attached hydrogens (tertiary/aromatic N) is 3. The lowest BCUT2D eigenvalue weighted by Gasteiger charge is -2.25. The zero-order valence-corrected chi connectivity index (χ0v) is 15.8. The van der Waals surface area contributed by atoms with Crippen molar-refractivity contribution in [3.05, 3.63) is 23.9 Å². The van der Waals surface area contributed by atoms with Gasteiger partial charge in [0.05, 0.1) is 19.8 Å². The van der Waals surface area contributed by atoms with E-state index < -0.39 is 0 Å². The number of aryl methyl sites for hydroxylation is 1. The van der Waals surface area contributed by atoms with E-state index in [1.807, 2.05) is 19.9 Å². The van der Waals surface area contributed by atoms with Crippen molar-refractivity contribution in [2.75, 3.05) is 57.8 Å². The van der Waals surface area contributed by atoms with Gasteiger partial charge < -0.3 is 20.7 Å². The van der Waals surface area contributed by atoms with Gasteiger partial charge in [-0.25, -0.2) is 4.98 Å². The van der Waals surface area contributed by atoms with Crippen LogP contribution in [0.2, 0.25) is 0 Å². The normalized spacial score (nSPS) is 15.5. The van der Waals surface area contributed by atoms with Gasteiger partial charge in [-0.3, -0.25) is 14.7 Å². The predicted molar refractivity (Wildman–Crippen MR) is 103 cm³/mol. The molecule has 1 amide bonds. The Labute approximate surface area is 155 Å². The van der Waals surface area contributed by atoms with Gasteiger partial charge in [-0.2, -0.15) is 0 Å². The van der Waals surface area contributed by atoms with Crippen LogP contribution in [0.4, 0.5) is 5.82 Å². The fourth-order valence-electron chi connectivity index (χ4n) is 2.51. The summed E-state index contributed by atoms with van der Waals surface area (Å²) in [6.07, 6.45) is 2.09. The van der Waals surface area contributed by atoms with Crippen molar-refractivity contribution in [3.63, 3.8) is 0 Å². The Balaban J connectivity index is 1.68. The second-order valence-corrected chi connectivity index (χ2v) is 6.16. The highest BCUT2D eigenvalue weighted by Gasteiger charge is 2.09.